The number of nitrogens with one attached hydrogen (secondary N) is 1. The Kier molecular flexibility index (Phi) is 8.77. The minimum Gasteiger partial charge on any atom is -0.490 e. The molecule has 7 heteroatoms. The lowest BCUT2D eigenvalue weighted by Crippen LogP contribution is -2.48. The third-order valence-corrected chi connectivity index (χ3v) is 6.28. The minimum atomic E-state index is -0.263. The molecular weight excluding hydrogens is 462 g/mol. The van der Waals surface area contributed by atoms with E-state index < -0.39 is 0 Å². The third-order valence-electron chi connectivity index (χ3n) is 6.28. The number of aryl methyl sites for hydroxylation is 1. The normalized spacial score (nSPS) is 13.2. The fraction of sp³-hybridized carbons (Fsp3) is 0.433. The van der Waals surface area contributed by atoms with Crippen LogP contribution in [-0.2, 0) is 18.9 Å². The molecule has 37 heavy (non-hydrogen) atoms. The van der Waals surface area contributed by atoms with Crippen LogP contribution in [0, 0.1) is 11.3 Å². The van der Waals surface area contributed by atoms with Gasteiger partial charge in [-0.3, -0.25) is 4.79 Å². The number of carbonyl (C=O) groups is 1. The lowest BCUT2D eigenvalue weighted by Gasteiger charge is -2.25. The van der Waals surface area contributed by atoms with Crippen LogP contribution in [0.2, 0.25) is 0 Å². The maximum Gasteiger partial charge on any atom is 0.251 e. The molecule has 1 aromatic heterocycles. The van der Waals surface area contributed by atoms with E-state index in [-0.39, 0.29) is 29.5 Å². The summed E-state index contributed by atoms with van der Waals surface area (Å²) in [4.78, 5) is 17.9. The molecule has 3 aromatic rings. The number of nitrogens with zero attached hydrogens (tertiary/aromatic N) is 3. The molecule has 0 aliphatic rings. The van der Waals surface area contributed by atoms with Crippen LogP contribution < -0.4 is 15.8 Å². The summed E-state index contributed by atoms with van der Waals surface area (Å²) in [7, 11) is 2.02. The number of ether oxygens (including phenoxy) is 1. The maximum absolute atomic E-state index is 13.1. The Balaban J connectivity index is 1.76. The zero-order chi connectivity index (χ0) is 27.3. The van der Waals surface area contributed by atoms with Gasteiger partial charge in [0.25, 0.3) is 5.91 Å². The van der Waals surface area contributed by atoms with Crippen molar-refractivity contribution in [1.29, 1.82) is 5.26 Å². The van der Waals surface area contributed by atoms with Gasteiger partial charge in [-0.25, -0.2) is 4.98 Å². The number of aromatic nitrogens is 2. The summed E-state index contributed by atoms with van der Waals surface area (Å²) in [5, 5.41) is 12.6. The number of rotatable bonds is 9. The Hall–Kier alpha value is -3.63. The van der Waals surface area contributed by atoms with Gasteiger partial charge >= 0.3 is 0 Å². The molecule has 3 N–H and O–H groups in total. The van der Waals surface area contributed by atoms with Gasteiger partial charge in [-0.05, 0) is 50.5 Å². The van der Waals surface area contributed by atoms with Gasteiger partial charge in [-0.1, -0.05) is 52.0 Å². The quantitative estimate of drug-likeness (QED) is 0.423. The second-order valence-corrected chi connectivity index (χ2v) is 10.9. The topological polar surface area (TPSA) is 106 Å². The minimum absolute atomic E-state index is 0.0373. The van der Waals surface area contributed by atoms with Gasteiger partial charge in [-0.15, -0.1) is 0 Å². The number of nitrogens with two attached hydrogens (primary N) is 1. The molecule has 1 amide bonds. The zero-order valence-electron chi connectivity index (χ0n) is 23.0. The Morgan fingerprint density at radius 3 is 2.41 bits per heavy atom. The molecule has 1 heterocycles. The molecule has 2 unspecified atom stereocenters. The van der Waals surface area contributed by atoms with E-state index >= 15 is 0 Å². The average Bonchev–Trinajstić information content (AvgIpc) is 3.25. The predicted octanol–water partition coefficient (Wildman–Crippen LogP) is 5.12. The van der Waals surface area contributed by atoms with E-state index in [4.69, 9.17) is 15.5 Å². The molecule has 2 aromatic carbocycles. The first-order chi connectivity index (χ1) is 17.4. The molecule has 0 spiro atoms. The molecule has 0 saturated heterocycles. The highest BCUT2D eigenvalue weighted by Crippen LogP contribution is 2.26. The van der Waals surface area contributed by atoms with Gasteiger partial charge in [-0.2, -0.15) is 5.26 Å². The fourth-order valence-electron chi connectivity index (χ4n) is 4.33. The Morgan fingerprint density at radius 1 is 1.19 bits per heavy atom. The van der Waals surface area contributed by atoms with Gasteiger partial charge in [0.15, 0.2) is 0 Å². The molecule has 0 aliphatic carbocycles. The van der Waals surface area contributed by atoms with Crippen LogP contribution in [0.4, 0.5) is 0 Å². The number of benzene rings is 2. The monoisotopic (exact) mass is 501 g/mol. The predicted molar refractivity (Wildman–Crippen MR) is 147 cm³/mol. The Morgan fingerprint density at radius 2 is 1.86 bits per heavy atom. The largest absolute Gasteiger partial charge is 0.490 e. The average molecular weight is 502 g/mol. The van der Waals surface area contributed by atoms with E-state index in [0.717, 1.165) is 29.1 Å². The van der Waals surface area contributed by atoms with Crippen molar-refractivity contribution >= 4 is 5.91 Å². The molecule has 0 aliphatic heterocycles. The van der Waals surface area contributed by atoms with Gasteiger partial charge in [0.05, 0.1) is 17.4 Å². The molecule has 0 saturated carbocycles. The fourth-order valence-corrected chi connectivity index (χ4v) is 4.33. The number of carbonyl (C=O) groups excluding carboxylic acids is 1. The molecule has 3 rings (SSSR count). The first-order valence-corrected chi connectivity index (χ1v) is 12.8. The lowest BCUT2D eigenvalue weighted by atomic mass is 9.95. The molecule has 2 atom stereocenters. The van der Waals surface area contributed by atoms with Crippen molar-refractivity contribution in [2.45, 2.75) is 78.0 Å². The van der Waals surface area contributed by atoms with Crippen LogP contribution in [0.1, 0.15) is 75.3 Å². The van der Waals surface area contributed by atoms with E-state index in [9.17, 15) is 10.1 Å². The molecular formula is C30H39N5O2. The SMILES string of the molecule is CCC(N)C(Cc1ccc(-c2cn(C)c(C(C)(C)C)n2)cc1)NC(=O)c1ccc(OC(C)C)c(C#N)c1. The number of imidazole rings is 1. The standard InChI is InChI=1S/C30H39N5O2/c1-8-24(32)25(33-28(36)22-13-14-27(37-19(2)3)23(16-22)17-31)15-20-9-11-21(12-10-20)26-18-35(7)29(34-26)30(4,5)6/h9-14,16,18-19,24-25H,8,15,32H2,1-7H3,(H,33,36). The second-order valence-electron chi connectivity index (χ2n) is 10.9. The molecule has 7 nitrogen and oxygen atoms in total. The Bertz CT molecular complexity index is 1260. The molecule has 0 bridgehead atoms. The van der Waals surface area contributed by atoms with Crippen molar-refractivity contribution in [3.8, 4) is 23.1 Å². The van der Waals surface area contributed by atoms with E-state index in [1.165, 1.54) is 0 Å². The molecule has 0 fully saturated rings. The van der Waals surface area contributed by atoms with Gasteiger partial charge < -0.3 is 20.4 Å². The van der Waals surface area contributed by atoms with Crippen LogP contribution in [0.5, 0.6) is 5.75 Å². The van der Waals surface area contributed by atoms with E-state index in [0.29, 0.717) is 23.3 Å². The highest BCUT2D eigenvalue weighted by molar-refractivity contribution is 5.95. The number of hydrogen-bond donors (Lipinski definition) is 2. The maximum atomic E-state index is 13.1. The summed E-state index contributed by atoms with van der Waals surface area (Å²) in [6, 6.07) is 14.8. The van der Waals surface area contributed by atoms with Crippen molar-refractivity contribution in [1.82, 2.24) is 14.9 Å². The summed E-state index contributed by atoms with van der Waals surface area (Å²) in [6.07, 6.45) is 3.30. The first kappa shape index (κ1) is 27.9. The summed E-state index contributed by atoms with van der Waals surface area (Å²) >= 11 is 0. The number of nitriles is 1. The first-order valence-electron chi connectivity index (χ1n) is 12.8. The zero-order valence-corrected chi connectivity index (χ0v) is 23.0. The summed E-state index contributed by atoms with van der Waals surface area (Å²) in [5.74, 6) is 1.24. The van der Waals surface area contributed by atoms with Crippen molar-refractivity contribution in [2.24, 2.45) is 12.8 Å². The van der Waals surface area contributed by atoms with E-state index in [1.807, 2.05) is 27.8 Å². The summed E-state index contributed by atoms with van der Waals surface area (Å²) < 4.78 is 7.75. The van der Waals surface area contributed by atoms with Gasteiger partial charge in [0.2, 0.25) is 0 Å². The van der Waals surface area contributed by atoms with E-state index in [2.05, 4.69) is 67.2 Å². The van der Waals surface area contributed by atoms with Crippen LogP contribution in [0.3, 0.4) is 0 Å². The van der Waals surface area contributed by atoms with Crippen LogP contribution in [0.25, 0.3) is 11.3 Å². The summed E-state index contributed by atoms with van der Waals surface area (Å²) in [5.41, 5.74) is 10.2. The lowest BCUT2D eigenvalue weighted by molar-refractivity contribution is 0.0930. The van der Waals surface area contributed by atoms with Crippen molar-refractivity contribution in [2.75, 3.05) is 0 Å². The number of hydrogen-bond acceptors (Lipinski definition) is 5. The van der Waals surface area contributed by atoms with Crippen LogP contribution in [-0.4, -0.2) is 33.6 Å². The van der Waals surface area contributed by atoms with Crippen molar-refractivity contribution in [3.05, 3.63) is 71.2 Å². The molecule has 196 valence electrons. The second kappa shape index (κ2) is 11.6. The van der Waals surface area contributed by atoms with E-state index in [1.54, 1.807) is 18.2 Å². The highest BCUT2D eigenvalue weighted by Gasteiger charge is 2.22. The van der Waals surface area contributed by atoms with Gasteiger partial charge in [0, 0.05) is 41.9 Å². The van der Waals surface area contributed by atoms with Gasteiger partial charge in [0.1, 0.15) is 17.6 Å². The van der Waals surface area contributed by atoms with Crippen molar-refractivity contribution in [3.63, 3.8) is 0 Å². The van der Waals surface area contributed by atoms with Crippen molar-refractivity contribution < 1.29 is 9.53 Å². The van der Waals surface area contributed by atoms with Crippen LogP contribution >= 0.6 is 0 Å². The highest BCUT2D eigenvalue weighted by atomic mass is 16.5. The molecule has 0 radical (unpaired) electrons. The third kappa shape index (κ3) is 6.99. The number of amides is 1. The summed E-state index contributed by atoms with van der Waals surface area (Å²) in [6.45, 7) is 12.3. The Labute approximate surface area is 220 Å². The van der Waals surface area contributed by atoms with Crippen LogP contribution in [0.15, 0.2) is 48.7 Å². The smallest absolute Gasteiger partial charge is 0.251 e.